The first-order chi connectivity index (χ1) is 13.9. The van der Waals surface area contributed by atoms with E-state index in [1.165, 1.54) is 7.11 Å². The van der Waals surface area contributed by atoms with Crippen molar-refractivity contribution >= 4 is 17.8 Å². The van der Waals surface area contributed by atoms with Crippen molar-refractivity contribution in [2.75, 3.05) is 20.2 Å². The number of piperazine rings is 1. The third-order valence-corrected chi connectivity index (χ3v) is 6.19. The van der Waals surface area contributed by atoms with Crippen LogP contribution in [0.15, 0.2) is 42.6 Å². The van der Waals surface area contributed by atoms with Crippen LogP contribution in [-0.4, -0.2) is 58.4 Å². The number of esters is 1. The molecule has 1 aromatic carbocycles. The van der Waals surface area contributed by atoms with Crippen molar-refractivity contribution in [3.05, 3.63) is 59.4 Å². The maximum absolute atomic E-state index is 13.1. The Kier molecular flexibility index (Phi) is 4.90. The van der Waals surface area contributed by atoms with Gasteiger partial charge in [-0.25, -0.2) is 0 Å². The zero-order chi connectivity index (χ0) is 20.7. The lowest BCUT2D eigenvalue weighted by Gasteiger charge is -2.40. The number of carbonyl (C=O) groups excluding carboxylic acids is 3. The molecule has 2 aliphatic rings. The van der Waals surface area contributed by atoms with Crippen molar-refractivity contribution in [2.24, 2.45) is 13.0 Å². The Morgan fingerprint density at radius 1 is 1.14 bits per heavy atom. The summed E-state index contributed by atoms with van der Waals surface area (Å²) in [4.78, 5) is 42.1. The second kappa shape index (κ2) is 7.39. The molecule has 4 rings (SSSR count). The molecule has 0 saturated carbocycles. The van der Waals surface area contributed by atoms with E-state index < -0.39 is 5.92 Å². The Morgan fingerprint density at radius 3 is 2.48 bits per heavy atom. The van der Waals surface area contributed by atoms with Gasteiger partial charge < -0.3 is 19.1 Å². The number of ether oxygens (including phenoxy) is 1. The Hall–Kier alpha value is -3.09. The van der Waals surface area contributed by atoms with Gasteiger partial charge in [-0.05, 0) is 25.0 Å². The molecule has 7 nitrogen and oxygen atoms in total. The van der Waals surface area contributed by atoms with E-state index in [9.17, 15) is 14.4 Å². The molecule has 152 valence electrons. The molecule has 2 amide bonds. The number of aromatic nitrogens is 1. The van der Waals surface area contributed by atoms with Crippen LogP contribution in [0.2, 0.25) is 0 Å². The Labute approximate surface area is 169 Å². The fourth-order valence-electron chi connectivity index (χ4n) is 4.62. The number of methoxy groups -OCH3 is 1. The van der Waals surface area contributed by atoms with E-state index in [4.69, 9.17) is 4.74 Å². The smallest absolute Gasteiger partial charge is 0.311 e. The average molecular weight is 395 g/mol. The van der Waals surface area contributed by atoms with Gasteiger partial charge in [-0.15, -0.1) is 0 Å². The summed E-state index contributed by atoms with van der Waals surface area (Å²) in [5, 5.41) is 0. The second-order valence-electron chi connectivity index (χ2n) is 7.79. The molecule has 3 atom stereocenters. The predicted molar refractivity (Wildman–Crippen MR) is 106 cm³/mol. The fourth-order valence-corrected chi connectivity index (χ4v) is 4.62. The standard InChI is InChI=1S/C22H25N3O4/c1-14-17(9-10-23(14)2)21(27)24-12-16-11-18(22(28)29-3)20(25(16)19(26)13-24)15-7-5-4-6-8-15/h4-10,16,18,20H,11-13H2,1-3H3/t16-,18-,20-/m0/s1. The first kappa shape index (κ1) is 19.2. The highest BCUT2D eigenvalue weighted by molar-refractivity contribution is 5.98. The summed E-state index contributed by atoms with van der Waals surface area (Å²) in [5.74, 6) is -1.04. The molecular weight excluding hydrogens is 370 g/mol. The fraction of sp³-hybridized carbons (Fsp3) is 0.409. The molecule has 29 heavy (non-hydrogen) atoms. The lowest BCUT2D eigenvalue weighted by molar-refractivity contribution is -0.147. The van der Waals surface area contributed by atoms with Crippen molar-refractivity contribution in [1.29, 1.82) is 0 Å². The summed E-state index contributed by atoms with van der Waals surface area (Å²) in [7, 11) is 3.26. The number of fused-ring (bicyclic) bond motifs is 1. The van der Waals surface area contributed by atoms with Crippen LogP contribution in [0.25, 0.3) is 0 Å². The minimum absolute atomic E-state index is 0.0148. The third-order valence-electron chi connectivity index (χ3n) is 6.19. The number of amides is 2. The number of benzene rings is 1. The lowest BCUT2D eigenvalue weighted by atomic mass is 9.93. The molecule has 2 saturated heterocycles. The molecule has 0 unspecified atom stereocenters. The summed E-state index contributed by atoms with van der Waals surface area (Å²) in [6.07, 6.45) is 2.32. The summed E-state index contributed by atoms with van der Waals surface area (Å²) in [6.45, 7) is 2.32. The minimum Gasteiger partial charge on any atom is -0.469 e. The Bertz CT molecular complexity index is 952. The second-order valence-corrected chi connectivity index (χ2v) is 7.79. The van der Waals surface area contributed by atoms with Gasteiger partial charge in [0.2, 0.25) is 5.91 Å². The van der Waals surface area contributed by atoms with E-state index in [1.54, 1.807) is 15.9 Å². The quantitative estimate of drug-likeness (QED) is 0.745. The molecule has 2 fully saturated rings. The molecule has 0 bridgehead atoms. The van der Waals surface area contributed by atoms with Gasteiger partial charge in [0.15, 0.2) is 0 Å². The molecular formula is C22H25N3O4. The van der Waals surface area contributed by atoms with Crippen LogP contribution in [0.5, 0.6) is 0 Å². The van der Waals surface area contributed by atoms with Gasteiger partial charge >= 0.3 is 5.97 Å². The van der Waals surface area contributed by atoms with Crippen LogP contribution in [-0.2, 0) is 21.4 Å². The van der Waals surface area contributed by atoms with Crippen LogP contribution in [0.1, 0.15) is 34.1 Å². The first-order valence-corrected chi connectivity index (χ1v) is 9.77. The molecule has 0 radical (unpaired) electrons. The van der Waals surface area contributed by atoms with Crippen molar-refractivity contribution in [3.63, 3.8) is 0 Å². The average Bonchev–Trinajstić information content (AvgIpc) is 3.28. The first-order valence-electron chi connectivity index (χ1n) is 9.77. The van der Waals surface area contributed by atoms with Gasteiger partial charge in [-0.1, -0.05) is 30.3 Å². The monoisotopic (exact) mass is 395 g/mol. The van der Waals surface area contributed by atoms with Crippen LogP contribution in [0.3, 0.4) is 0 Å². The highest BCUT2D eigenvalue weighted by Gasteiger charge is 2.51. The van der Waals surface area contributed by atoms with Crippen LogP contribution >= 0.6 is 0 Å². The Balaban J connectivity index is 1.63. The summed E-state index contributed by atoms with van der Waals surface area (Å²) >= 11 is 0. The summed E-state index contributed by atoms with van der Waals surface area (Å²) in [5.41, 5.74) is 2.39. The third kappa shape index (κ3) is 3.20. The van der Waals surface area contributed by atoms with E-state index in [1.807, 2.05) is 55.1 Å². The van der Waals surface area contributed by atoms with Gasteiger partial charge in [0.25, 0.3) is 5.91 Å². The minimum atomic E-state index is -0.440. The maximum atomic E-state index is 13.1. The van der Waals surface area contributed by atoms with Crippen LogP contribution < -0.4 is 0 Å². The van der Waals surface area contributed by atoms with E-state index in [2.05, 4.69) is 0 Å². The van der Waals surface area contributed by atoms with Crippen molar-refractivity contribution in [1.82, 2.24) is 14.4 Å². The molecule has 7 heteroatoms. The number of hydrogen-bond donors (Lipinski definition) is 0. The number of nitrogens with zero attached hydrogens (tertiary/aromatic N) is 3. The normalized spacial score (nSPS) is 23.8. The molecule has 0 spiro atoms. The molecule has 2 aliphatic heterocycles. The SMILES string of the molecule is COC(=O)[C@H]1C[C@H]2CN(C(=O)c3ccn(C)c3C)CC(=O)N2[C@H]1c1ccccc1. The molecule has 0 N–H and O–H groups in total. The number of carbonyl (C=O) groups is 3. The highest BCUT2D eigenvalue weighted by atomic mass is 16.5. The van der Waals surface area contributed by atoms with Gasteiger partial charge in [-0.2, -0.15) is 0 Å². The van der Waals surface area contributed by atoms with Crippen LogP contribution in [0, 0.1) is 12.8 Å². The number of rotatable bonds is 3. The highest BCUT2D eigenvalue weighted by Crippen LogP contribution is 2.43. The van der Waals surface area contributed by atoms with E-state index >= 15 is 0 Å². The lowest BCUT2D eigenvalue weighted by Crippen LogP contribution is -2.55. The predicted octanol–water partition coefficient (Wildman–Crippen LogP) is 1.92. The maximum Gasteiger partial charge on any atom is 0.311 e. The number of aryl methyl sites for hydroxylation is 1. The topological polar surface area (TPSA) is 71.8 Å². The number of hydrogen-bond acceptors (Lipinski definition) is 4. The van der Waals surface area contributed by atoms with Gasteiger partial charge in [-0.3, -0.25) is 14.4 Å². The van der Waals surface area contributed by atoms with Crippen molar-refractivity contribution < 1.29 is 19.1 Å². The summed E-state index contributed by atoms with van der Waals surface area (Å²) < 4.78 is 6.92. The zero-order valence-electron chi connectivity index (χ0n) is 16.9. The van der Waals surface area contributed by atoms with Crippen molar-refractivity contribution in [3.8, 4) is 0 Å². The van der Waals surface area contributed by atoms with Gasteiger partial charge in [0.1, 0.15) is 6.54 Å². The van der Waals surface area contributed by atoms with E-state index in [0.717, 1.165) is 11.3 Å². The van der Waals surface area contributed by atoms with Gasteiger partial charge in [0, 0.05) is 25.5 Å². The molecule has 2 aromatic rings. The zero-order valence-corrected chi connectivity index (χ0v) is 16.9. The molecule has 3 heterocycles. The van der Waals surface area contributed by atoms with Crippen molar-refractivity contribution in [2.45, 2.75) is 25.4 Å². The largest absolute Gasteiger partial charge is 0.469 e. The molecule has 1 aromatic heterocycles. The van der Waals surface area contributed by atoms with Crippen LogP contribution in [0.4, 0.5) is 0 Å². The molecule has 0 aliphatic carbocycles. The Morgan fingerprint density at radius 2 is 1.86 bits per heavy atom. The van der Waals surface area contributed by atoms with Gasteiger partial charge in [0.05, 0.1) is 30.7 Å². The van der Waals surface area contributed by atoms with E-state index in [-0.39, 0.29) is 36.4 Å². The van der Waals surface area contributed by atoms with E-state index in [0.29, 0.717) is 18.5 Å². The summed E-state index contributed by atoms with van der Waals surface area (Å²) in [6, 6.07) is 10.8.